The Kier molecular flexibility index (Phi) is 5.48. The van der Waals surface area contributed by atoms with Gasteiger partial charge in [0, 0.05) is 24.7 Å². The number of piperidine rings is 1. The third-order valence-corrected chi connectivity index (χ3v) is 4.06. The summed E-state index contributed by atoms with van der Waals surface area (Å²) in [6, 6.07) is 3.46. The van der Waals surface area contributed by atoms with Crippen molar-refractivity contribution in [1.29, 1.82) is 0 Å². The van der Waals surface area contributed by atoms with E-state index < -0.39 is 22.8 Å². The monoisotopic (exact) mass is 341 g/mol. The predicted molar refractivity (Wildman–Crippen MR) is 86.6 cm³/mol. The van der Waals surface area contributed by atoms with Crippen LogP contribution in [0.4, 0.5) is 13.6 Å². The maximum absolute atomic E-state index is 13.7. The zero-order valence-electron chi connectivity index (χ0n) is 14.7. The molecule has 0 spiro atoms. The van der Waals surface area contributed by atoms with Crippen LogP contribution in [0.25, 0.3) is 0 Å². The van der Waals surface area contributed by atoms with Gasteiger partial charge in [-0.3, -0.25) is 0 Å². The number of halogens is 2. The molecule has 1 fully saturated rings. The van der Waals surface area contributed by atoms with Crippen molar-refractivity contribution in [3.05, 3.63) is 35.4 Å². The third kappa shape index (κ3) is 5.16. The number of hydrogen-bond donors (Lipinski definition) is 0. The van der Waals surface area contributed by atoms with E-state index in [1.807, 2.05) is 27.7 Å². The maximum atomic E-state index is 13.7. The highest BCUT2D eigenvalue weighted by Crippen LogP contribution is 2.28. The van der Waals surface area contributed by atoms with Gasteiger partial charge in [-0.1, -0.05) is 6.07 Å². The molecule has 1 amide bonds. The van der Waals surface area contributed by atoms with Gasteiger partial charge in [0.25, 0.3) is 0 Å². The first-order valence-electron chi connectivity index (χ1n) is 8.14. The lowest BCUT2D eigenvalue weighted by molar-refractivity contribution is -0.0818. The number of amides is 1. The summed E-state index contributed by atoms with van der Waals surface area (Å²) in [7, 11) is 0. The third-order valence-electron chi connectivity index (χ3n) is 4.06. The van der Waals surface area contributed by atoms with Crippen molar-refractivity contribution in [1.82, 2.24) is 4.90 Å². The summed E-state index contributed by atoms with van der Waals surface area (Å²) in [5.74, 6) is -1.21. The summed E-state index contributed by atoms with van der Waals surface area (Å²) in [4.78, 5) is 13.7. The predicted octanol–water partition coefficient (Wildman–Crippen LogP) is 4.27. The van der Waals surface area contributed by atoms with Gasteiger partial charge in [0.1, 0.15) is 17.2 Å². The largest absolute Gasteiger partial charge is 0.444 e. The zero-order chi connectivity index (χ0) is 18.0. The number of benzene rings is 1. The van der Waals surface area contributed by atoms with Crippen LogP contribution in [0.2, 0.25) is 0 Å². The summed E-state index contributed by atoms with van der Waals surface area (Å²) in [5, 5.41) is 0. The van der Waals surface area contributed by atoms with Crippen molar-refractivity contribution >= 4 is 6.09 Å². The standard InChI is InChI=1S/C18H25F2NO3/c1-17(2,3)24-16(22)21-9-7-18(4,8-10-21)23-12-13-5-6-14(19)11-15(13)20/h5-6,11H,7-10,12H2,1-4H3. The fourth-order valence-corrected chi connectivity index (χ4v) is 2.52. The van der Waals surface area contributed by atoms with Crippen LogP contribution in [0.3, 0.4) is 0 Å². The molecule has 1 aromatic rings. The van der Waals surface area contributed by atoms with Crippen molar-refractivity contribution in [2.75, 3.05) is 13.1 Å². The molecule has 1 saturated heterocycles. The van der Waals surface area contributed by atoms with Gasteiger partial charge < -0.3 is 14.4 Å². The van der Waals surface area contributed by atoms with Crippen LogP contribution in [0.15, 0.2) is 18.2 Å². The second-order valence-corrected chi connectivity index (χ2v) is 7.44. The van der Waals surface area contributed by atoms with Crippen LogP contribution in [0, 0.1) is 11.6 Å². The number of carbonyl (C=O) groups excluding carboxylic acids is 1. The number of ether oxygens (including phenoxy) is 2. The van der Waals surface area contributed by atoms with Crippen LogP contribution in [-0.4, -0.2) is 35.3 Å². The van der Waals surface area contributed by atoms with Gasteiger partial charge in [-0.05, 0) is 46.6 Å². The lowest BCUT2D eigenvalue weighted by Crippen LogP contribution is -2.47. The second-order valence-electron chi connectivity index (χ2n) is 7.44. The average Bonchev–Trinajstić information content (AvgIpc) is 2.45. The molecular formula is C18H25F2NO3. The Labute approximate surface area is 141 Å². The normalized spacial score (nSPS) is 17.7. The van der Waals surface area contributed by atoms with Gasteiger partial charge >= 0.3 is 6.09 Å². The van der Waals surface area contributed by atoms with E-state index in [4.69, 9.17) is 9.47 Å². The van der Waals surface area contributed by atoms with Crippen LogP contribution in [-0.2, 0) is 16.1 Å². The summed E-state index contributed by atoms with van der Waals surface area (Å²) in [5.41, 5.74) is -0.638. The van der Waals surface area contributed by atoms with Gasteiger partial charge in [0.2, 0.25) is 0 Å². The van der Waals surface area contributed by atoms with E-state index >= 15 is 0 Å². The van der Waals surface area contributed by atoms with Crippen LogP contribution in [0.5, 0.6) is 0 Å². The number of carbonyl (C=O) groups is 1. The molecular weight excluding hydrogens is 316 g/mol. The molecule has 2 rings (SSSR count). The number of likely N-dealkylation sites (tertiary alicyclic amines) is 1. The number of hydrogen-bond acceptors (Lipinski definition) is 3. The van der Waals surface area contributed by atoms with Crippen LogP contribution >= 0.6 is 0 Å². The quantitative estimate of drug-likeness (QED) is 0.824. The summed E-state index contributed by atoms with van der Waals surface area (Å²) in [6.45, 7) is 8.57. The minimum Gasteiger partial charge on any atom is -0.444 e. The molecule has 0 radical (unpaired) electrons. The van der Waals surface area contributed by atoms with Gasteiger partial charge in [0.15, 0.2) is 0 Å². The molecule has 0 unspecified atom stereocenters. The van der Waals surface area contributed by atoms with E-state index in [9.17, 15) is 13.6 Å². The van der Waals surface area contributed by atoms with E-state index in [2.05, 4.69) is 0 Å². The summed E-state index contributed by atoms with van der Waals surface area (Å²) >= 11 is 0. The first kappa shape index (κ1) is 18.6. The fraction of sp³-hybridized carbons (Fsp3) is 0.611. The molecule has 0 aromatic heterocycles. The minimum absolute atomic E-state index is 0.0784. The lowest BCUT2D eigenvalue weighted by Gasteiger charge is -2.39. The van der Waals surface area contributed by atoms with E-state index in [-0.39, 0.29) is 12.7 Å². The van der Waals surface area contributed by atoms with Crippen LogP contribution < -0.4 is 0 Å². The molecule has 1 heterocycles. The van der Waals surface area contributed by atoms with E-state index in [0.29, 0.717) is 31.5 Å². The van der Waals surface area contributed by atoms with Crippen molar-refractivity contribution in [3.63, 3.8) is 0 Å². The Hall–Kier alpha value is -1.69. The molecule has 6 heteroatoms. The number of rotatable bonds is 3. The Bertz CT molecular complexity index is 590. The molecule has 0 bridgehead atoms. The number of nitrogens with zero attached hydrogens (tertiary/aromatic N) is 1. The highest BCUT2D eigenvalue weighted by atomic mass is 19.1. The first-order valence-corrected chi connectivity index (χ1v) is 8.14. The van der Waals surface area contributed by atoms with E-state index in [1.54, 1.807) is 4.90 Å². The Morgan fingerprint density at radius 2 is 1.88 bits per heavy atom. The highest BCUT2D eigenvalue weighted by molar-refractivity contribution is 5.68. The molecule has 1 aliphatic heterocycles. The van der Waals surface area contributed by atoms with Gasteiger partial charge in [-0.25, -0.2) is 13.6 Å². The van der Waals surface area contributed by atoms with E-state index in [1.165, 1.54) is 12.1 Å². The second kappa shape index (κ2) is 7.05. The lowest BCUT2D eigenvalue weighted by atomic mass is 9.93. The Balaban J connectivity index is 1.87. The van der Waals surface area contributed by atoms with Crippen molar-refractivity contribution < 1.29 is 23.0 Å². The molecule has 0 N–H and O–H groups in total. The van der Waals surface area contributed by atoms with Crippen molar-refractivity contribution in [3.8, 4) is 0 Å². The molecule has 0 atom stereocenters. The van der Waals surface area contributed by atoms with Gasteiger partial charge in [0.05, 0.1) is 12.2 Å². The SMILES string of the molecule is CC(C)(C)OC(=O)N1CCC(C)(OCc2ccc(F)cc2F)CC1. The Morgan fingerprint density at radius 3 is 2.42 bits per heavy atom. The van der Waals surface area contributed by atoms with Crippen molar-refractivity contribution in [2.45, 2.75) is 58.3 Å². The zero-order valence-corrected chi connectivity index (χ0v) is 14.7. The average molecular weight is 341 g/mol. The van der Waals surface area contributed by atoms with Crippen molar-refractivity contribution in [2.24, 2.45) is 0 Å². The minimum atomic E-state index is -0.607. The van der Waals surface area contributed by atoms with E-state index in [0.717, 1.165) is 6.07 Å². The Morgan fingerprint density at radius 1 is 1.25 bits per heavy atom. The van der Waals surface area contributed by atoms with Gasteiger partial charge in [-0.15, -0.1) is 0 Å². The fourth-order valence-electron chi connectivity index (χ4n) is 2.52. The molecule has 24 heavy (non-hydrogen) atoms. The smallest absolute Gasteiger partial charge is 0.410 e. The topological polar surface area (TPSA) is 38.8 Å². The molecule has 1 aliphatic rings. The highest BCUT2D eigenvalue weighted by Gasteiger charge is 2.34. The molecule has 0 saturated carbocycles. The summed E-state index contributed by atoms with van der Waals surface area (Å²) < 4.78 is 37.8. The summed E-state index contributed by atoms with van der Waals surface area (Å²) in [6.07, 6.45) is 0.943. The maximum Gasteiger partial charge on any atom is 0.410 e. The molecule has 0 aliphatic carbocycles. The molecule has 134 valence electrons. The molecule has 4 nitrogen and oxygen atoms in total. The van der Waals surface area contributed by atoms with Crippen LogP contribution in [0.1, 0.15) is 46.1 Å². The van der Waals surface area contributed by atoms with Gasteiger partial charge in [-0.2, -0.15) is 0 Å². The first-order chi connectivity index (χ1) is 11.1. The molecule has 1 aromatic carbocycles.